The van der Waals surface area contributed by atoms with Gasteiger partial charge >= 0.3 is 6.18 Å². The molecule has 1 fully saturated rings. The van der Waals surface area contributed by atoms with Gasteiger partial charge in [0.25, 0.3) is 5.91 Å². The first-order chi connectivity index (χ1) is 15.9. The average Bonchev–Trinajstić information content (AvgIpc) is 2.80. The molecule has 6 nitrogen and oxygen atoms in total. The van der Waals surface area contributed by atoms with E-state index in [1.54, 1.807) is 12.1 Å². The van der Waals surface area contributed by atoms with E-state index in [1.165, 1.54) is 27.6 Å². The second-order valence-corrected chi connectivity index (χ2v) is 9.33. The first kappa shape index (κ1) is 24.0. The maximum absolute atomic E-state index is 13.4. The van der Waals surface area contributed by atoms with E-state index in [0.717, 1.165) is 54.7 Å². The van der Waals surface area contributed by atoms with Crippen LogP contribution < -0.4 is 14.7 Å². The number of rotatable bonds is 7. The summed E-state index contributed by atoms with van der Waals surface area (Å²) in [6, 6.07) is 10.9. The number of hydrogen-bond donors (Lipinski definition) is 3. The Hall–Kier alpha value is -2.11. The fraction of sp³-hybridized carbons (Fsp3) is 0.435. The maximum atomic E-state index is 13.4. The van der Waals surface area contributed by atoms with Crippen LogP contribution in [0.3, 0.4) is 0 Å². The van der Waals surface area contributed by atoms with Crippen molar-refractivity contribution in [3.05, 3.63) is 48.0 Å². The van der Waals surface area contributed by atoms with Crippen molar-refractivity contribution in [2.45, 2.75) is 16.0 Å². The fourth-order valence-corrected chi connectivity index (χ4v) is 5.30. The SMILES string of the molecule is O=C(C[NH+]1CC[NH+](CCOCCO)CC1)N1c2ccccc2Sc2ccc(C(F)(F)F)cc21. The Morgan fingerprint density at radius 2 is 1.70 bits per heavy atom. The van der Waals surface area contributed by atoms with E-state index >= 15 is 0 Å². The third-order valence-electron chi connectivity index (χ3n) is 6.00. The Labute approximate surface area is 194 Å². The number of fused-ring (bicyclic) bond motifs is 2. The number of halogens is 3. The predicted octanol–water partition coefficient (Wildman–Crippen LogP) is 0.627. The van der Waals surface area contributed by atoms with Crippen LogP contribution in [-0.2, 0) is 15.7 Å². The van der Waals surface area contributed by atoms with Crippen molar-refractivity contribution in [3.63, 3.8) is 0 Å². The third-order valence-corrected chi connectivity index (χ3v) is 7.13. The van der Waals surface area contributed by atoms with Crippen molar-refractivity contribution in [2.75, 3.05) is 64.0 Å². The average molecular weight is 484 g/mol. The molecule has 10 heteroatoms. The van der Waals surface area contributed by atoms with Gasteiger partial charge in [-0.25, -0.2) is 0 Å². The molecule has 2 aliphatic rings. The van der Waals surface area contributed by atoms with Crippen LogP contribution in [0, 0.1) is 0 Å². The van der Waals surface area contributed by atoms with Crippen molar-refractivity contribution in [1.29, 1.82) is 0 Å². The number of amides is 1. The molecule has 0 aliphatic carbocycles. The first-order valence-corrected chi connectivity index (χ1v) is 11.9. The highest BCUT2D eigenvalue weighted by Crippen LogP contribution is 2.49. The molecule has 2 aromatic carbocycles. The van der Waals surface area contributed by atoms with Crippen LogP contribution >= 0.6 is 11.8 Å². The summed E-state index contributed by atoms with van der Waals surface area (Å²) in [4.78, 5) is 18.9. The summed E-state index contributed by atoms with van der Waals surface area (Å²) in [5, 5.41) is 8.78. The Balaban J connectivity index is 1.48. The molecule has 2 aliphatic heterocycles. The molecular weight excluding hydrogens is 455 g/mol. The van der Waals surface area contributed by atoms with Gasteiger partial charge in [0.05, 0.1) is 36.8 Å². The number of para-hydroxylation sites is 1. The molecule has 2 heterocycles. The zero-order chi connectivity index (χ0) is 23.4. The van der Waals surface area contributed by atoms with Crippen LogP contribution in [0.5, 0.6) is 0 Å². The Morgan fingerprint density at radius 3 is 2.42 bits per heavy atom. The lowest BCUT2D eigenvalue weighted by molar-refractivity contribution is -1.01. The van der Waals surface area contributed by atoms with E-state index in [-0.39, 0.29) is 19.1 Å². The number of aliphatic hydroxyl groups is 1. The lowest BCUT2D eigenvalue weighted by atomic mass is 10.1. The minimum Gasteiger partial charge on any atom is -0.394 e. The number of carbonyl (C=O) groups excluding carboxylic acids is 1. The highest BCUT2D eigenvalue weighted by molar-refractivity contribution is 7.99. The molecule has 4 rings (SSSR count). The molecule has 1 saturated heterocycles. The summed E-state index contributed by atoms with van der Waals surface area (Å²) in [5.41, 5.74) is 0.166. The first-order valence-electron chi connectivity index (χ1n) is 11.0. The number of nitrogens with zero attached hydrogens (tertiary/aromatic N) is 1. The van der Waals surface area contributed by atoms with Crippen molar-refractivity contribution >= 4 is 29.0 Å². The summed E-state index contributed by atoms with van der Waals surface area (Å²) in [5.74, 6) is -0.201. The quantitative estimate of drug-likeness (QED) is 0.506. The topological polar surface area (TPSA) is 58.7 Å². The fourth-order valence-electron chi connectivity index (χ4n) is 4.26. The van der Waals surface area contributed by atoms with Gasteiger partial charge in [0.1, 0.15) is 32.7 Å². The van der Waals surface area contributed by atoms with Crippen molar-refractivity contribution in [3.8, 4) is 0 Å². The summed E-state index contributed by atoms with van der Waals surface area (Å²) in [6.45, 7) is 5.42. The number of aliphatic hydroxyl groups excluding tert-OH is 1. The van der Waals surface area contributed by atoms with Gasteiger partial charge in [-0.2, -0.15) is 13.2 Å². The van der Waals surface area contributed by atoms with Gasteiger partial charge in [-0.15, -0.1) is 0 Å². The van der Waals surface area contributed by atoms with Crippen LogP contribution in [0.4, 0.5) is 24.5 Å². The Kier molecular flexibility index (Phi) is 7.60. The molecule has 3 N–H and O–H groups in total. The molecular formula is C23H28F3N3O3S+2. The normalized spacial score (nSPS) is 20.3. The zero-order valence-corrected chi connectivity index (χ0v) is 19.0. The number of nitrogens with one attached hydrogen (secondary N) is 2. The third kappa shape index (κ3) is 5.70. The Morgan fingerprint density at radius 1 is 1.00 bits per heavy atom. The van der Waals surface area contributed by atoms with Crippen molar-refractivity contribution in [1.82, 2.24) is 0 Å². The minimum atomic E-state index is -4.48. The van der Waals surface area contributed by atoms with Crippen molar-refractivity contribution < 1.29 is 37.6 Å². The minimum absolute atomic E-state index is 0.0150. The molecule has 0 aromatic heterocycles. The van der Waals surface area contributed by atoms with Gasteiger partial charge in [-0.05, 0) is 30.3 Å². The van der Waals surface area contributed by atoms with E-state index in [0.29, 0.717) is 29.5 Å². The largest absolute Gasteiger partial charge is 0.416 e. The van der Waals surface area contributed by atoms with Gasteiger partial charge in [0.2, 0.25) is 0 Å². The molecule has 0 atom stereocenters. The molecule has 1 amide bonds. The van der Waals surface area contributed by atoms with Gasteiger partial charge in [0, 0.05) is 9.79 Å². The number of ether oxygens (including phenoxy) is 1. The van der Waals surface area contributed by atoms with Crippen LogP contribution in [-0.4, -0.2) is 70.1 Å². The van der Waals surface area contributed by atoms with E-state index in [1.807, 2.05) is 12.1 Å². The number of alkyl halides is 3. The van der Waals surface area contributed by atoms with Crippen LogP contribution in [0.2, 0.25) is 0 Å². The lowest BCUT2D eigenvalue weighted by Crippen LogP contribution is -3.28. The molecule has 0 unspecified atom stereocenters. The summed E-state index contributed by atoms with van der Waals surface area (Å²) in [6.07, 6.45) is -4.48. The van der Waals surface area contributed by atoms with Crippen LogP contribution in [0.15, 0.2) is 52.3 Å². The number of hydrogen-bond acceptors (Lipinski definition) is 4. The maximum Gasteiger partial charge on any atom is 0.416 e. The van der Waals surface area contributed by atoms with E-state index < -0.39 is 11.7 Å². The smallest absolute Gasteiger partial charge is 0.394 e. The van der Waals surface area contributed by atoms with Crippen molar-refractivity contribution in [2.24, 2.45) is 0 Å². The molecule has 0 bridgehead atoms. The van der Waals surface area contributed by atoms with E-state index in [2.05, 4.69) is 0 Å². The number of piperazine rings is 1. The molecule has 2 aromatic rings. The summed E-state index contributed by atoms with van der Waals surface area (Å²) in [7, 11) is 0. The molecule has 33 heavy (non-hydrogen) atoms. The molecule has 0 saturated carbocycles. The Bertz CT molecular complexity index is 981. The van der Waals surface area contributed by atoms with E-state index in [4.69, 9.17) is 9.84 Å². The molecule has 178 valence electrons. The van der Waals surface area contributed by atoms with Crippen LogP contribution in [0.25, 0.3) is 0 Å². The van der Waals surface area contributed by atoms with Crippen LogP contribution in [0.1, 0.15) is 5.56 Å². The zero-order valence-electron chi connectivity index (χ0n) is 18.2. The second-order valence-electron chi connectivity index (χ2n) is 8.24. The van der Waals surface area contributed by atoms with Gasteiger partial charge in [-0.3, -0.25) is 9.69 Å². The predicted molar refractivity (Wildman–Crippen MR) is 118 cm³/mol. The summed E-state index contributed by atoms with van der Waals surface area (Å²) < 4.78 is 45.5. The number of anilines is 2. The number of benzene rings is 2. The second kappa shape index (κ2) is 10.4. The number of quaternary nitrogens is 2. The highest BCUT2D eigenvalue weighted by atomic mass is 32.2. The summed E-state index contributed by atoms with van der Waals surface area (Å²) >= 11 is 1.38. The number of carbonyl (C=O) groups is 1. The van der Waals surface area contributed by atoms with Gasteiger partial charge < -0.3 is 19.6 Å². The monoisotopic (exact) mass is 483 g/mol. The van der Waals surface area contributed by atoms with Gasteiger partial charge in [-0.1, -0.05) is 23.9 Å². The highest BCUT2D eigenvalue weighted by Gasteiger charge is 2.36. The lowest BCUT2D eigenvalue weighted by Gasteiger charge is -2.34. The van der Waals surface area contributed by atoms with Gasteiger partial charge in [0.15, 0.2) is 6.54 Å². The molecule has 0 spiro atoms. The molecule has 0 radical (unpaired) electrons. The standard InChI is InChI=1S/C23H26F3N3O3S/c24-23(25,26)17-5-6-21-19(15-17)29(18-3-1-2-4-20(18)33-21)22(31)16-28-9-7-27(8-10-28)11-13-32-14-12-30/h1-6,15,30H,7-14,16H2/p+2. The van der Waals surface area contributed by atoms with E-state index in [9.17, 15) is 18.0 Å².